The highest BCUT2D eigenvalue weighted by molar-refractivity contribution is 5.89. The molecule has 2 aromatic carbocycles. The molecule has 0 bridgehead atoms. The van der Waals surface area contributed by atoms with Crippen molar-refractivity contribution in [3.63, 3.8) is 0 Å². The Bertz CT molecular complexity index is 694. The summed E-state index contributed by atoms with van der Waals surface area (Å²) < 4.78 is 12.7. The third-order valence-electron chi connectivity index (χ3n) is 2.84. The number of carboxylic acids is 1. The summed E-state index contributed by atoms with van der Waals surface area (Å²) in [5, 5.41) is 12.6. The number of hydrogen-bond acceptors (Lipinski definition) is 3. The van der Waals surface area contributed by atoms with Gasteiger partial charge in [0.25, 0.3) is 0 Å². The Morgan fingerprint density at radius 2 is 1.73 bits per heavy atom. The molecule has 1 amide bonds. The van der Waals surface area contributed by atoms with Gasteiger partial charge in [0.15, 0.2) is 0 Å². The van der Waals surface area contributed by atoms with Crippen molar-refractivity contribution in [3.05, 3.63) is 71.0 Å². The molecule has 2 rings (SSSR count). The first kappa shape index (κ1) is 15.4. The number of amides is 1. The van der Waals surface area contributed by atoms with E-state index < -0.39 is 5.97 Å². The van der Waals surface area contributed by atoms with E-state index in [2.05, 4.69) is 10.5 Å². The molecular weight excluding hydrogens is 287 g/mol. The van der Waals surface area contributed by atoms with Gasteiger partial charge in [0.2, 0.25) is 5.91 Å². The molecule has 0 atom stereocenters. The molecule has 0 saturated heterocycles. The standard InChI is InChI=1S/C16H13FN2O3/c17-14-7-3-11(4-8-14)9-15(20)19-18-10-12-1-5-13(6-2-12)16(21)22/h1-8,10H,9H2,(H,19,20)(H,21,22)/b18-10+. The third kappa shape index (κ3) is 4.52. The Morgan fingerprint density at radius 1 is 1.09 bits per heavy atom. The lowest BCUT2D eigenvalue weighted by molar-refractivity contribution is -0.120. The number of hydrazone groups is 1. The predicted octanol–water partition coefficient (Wildman–Crippen LogP) is 2.22. The minimum atomic E-state index is -1.00. The fourth-order valence-electron chi connectivity index (χ4n) is 1.72. The highest BCUT2D eigenvalue weighted by atomic mass is 19.1. The van der Waals surface area contributed by atoms with Crippen molar-refractivity contribution < 1.29 is 19.1 Å². The number of hydrogen-bond donors (Lipinski definition) is 2. The van der Waals surface area contributed by atoms with Gasteiger partial charge in [0.1, 0.15) is 5.82 Å². The number of nitrogens with zero attached hydrogens (tertiary/aromatic N) is 1. The van der Waals surface area contributed by atoms with Gasteiger partial charge in [-0.05, 0) is 35.4 Å². The molecule has 0 radical (unpaired) electrons. The van der Waals surface area contributed by atoms with Crippen molar-refractivity contribution >= 4 is 18.1 Å². The fourth-order valence-corrected chi connectivity index (χ4v) is 1.72. The average Bonchev–Trinajstić information content (AvgIpc) is 2.50. The van der Waals surface area contributed by atoms with Gasteiger partial charge < -0.3 is 5.11 Å². The lowest BCUT2D eigenvalue weighted by Crippen LogP contribution is -2.19. The van der Waals surface area contributed by atoms with E-state index in [4.69, 9.17) is 5.11 Å². The van der Waals surface area contributed by atoms with Gasteiger partial charge in [-0.25, -0.2) is 14.6 Å². The van der Waals surface area contributed by atoms with Crippen LogP contribution in [-0.4, -0.2) is 23.2 Å². The Hall–Kier alpha value is -3.02. The number of rotatable bonds is 5. The molecule has 22 heavy (non-hydrogen) atoms. The summed E-state index contributed by atoms with van der Waals surface area (Å²) in [4.78, 5) is 22.3. The van der Waals surface area contributed by atoms with Gasteiger partial charge in [-0.2, -0.15) is 5.10 Å². The van der Waals surface area contributed by atoms with E-state index >= 15 is 0 Å². The Balaban J connectivity index is 1.87. The maximum Gasteiger partial charge on any atom is 0.335 e. The molecule has 0 unspecified atom stereocenters. The van der Waals surface area contributed by atoms with Crippen LogP contribution in [0.4, 0.5) is 4.39 Å². The lowest BCUT2D eigenvalue weighted by atomic mass is 10.1. The maximum absolute atomic E-state index is 12.7. The zero-order valence-electron chi connectivity index (χ0n) is 11.5. The van der Waals surface area contributed by atoms with Crippen LogP contribution in [0.5, 0.6) is 0 Å². The van der Waals surface area contributed by atoms with Crippen molar-refractivity contribution in [3.8, 4) is 0 Å². The summed E-state index contributed by atoms with van der Waals surface area (Å²) in [6.45, 7) is 0. The van der Waals surface area contributed by atoms with Crippen LogP contribution < -0.4 is 5.43 Å². The monoisotopic (exact) mass is 300 g/mol. The van der Waals surface area contributed by atoms with Gasteiger partial charge in [0, 0.05) is 0 Å². The number of carbonyl (C=O) groups excluding carboxylic acids is 1. The summed E-state index contributed by atoms with van der Waals surface area (Å²) in [6.07, 6.45) is 1.50. The minimum absolute atomic E-state index is 0.0928. The summed E-state index contributed by atoms with van der Waals surface area (Å²) in [7, 11) is 0. The van der Waals surface area contributed by atoms with E-state index in [1.54, 1.807) is 12.1 Å². The molecule has 0 saturated carbocycles. The second kappa shape index (κ2) is 7.12. The van der Waals surface area contributed by atoms with Crippen molar-refractivity contribution in [2.45, 2.75) is 6.42 Å². The predicted molar refractivity (Wildman–Crippen MR) is 79.2 cm³/mol. The number of benzene rings is 2. The normalized spacial score (nSPS) is 10.6. The first-order valence-electron chi connectivity index (χ1n) is 6.44. The van der Waals surface area contributed by atoms with Crippen LogP contribution in [0.15, 0.2) is 53.6 Å². The topological polar surface area (TPSA) is 78.8 Å². The van der Waals surface area contributed by atoms with Gasteiger partial charge in [-0.3, -0.25) is 4.79 Å². The Morgan fingerprint density at radius 3 is 2.32 bits per heavy atom. The van der Waals surface area contributed by atoms with Crippen molar-refractivity contribution in [2.75, 3.05) is 0 Å². The van der Waals surface area contributed by atoms with E-state index in [-0.39, 0.29) is 23.7 Å². The van der Waals surface area contributed by atoms with Gasteiger partial charge in [0.05, 0.1) is 18.2 Å². The van der Waals surface area contributed by atoms with E-state index in [0.717, 1.165) is 0 Å². The Labute approximate surface area is 126 Å². The first-order valence-corrected chi connectivity index (χ1v) is 6.44. The van der Waals surface area contributed by atoms with Crippen LogP contribution in [-0.2, 0) is 11.2 Å². The molecule has 112 valence electrons. The molecule has 0 aliphatic heterocycles. The molecule has 2 N–H and O–H groups in total. The van der Waals surface area contributed by atoms with E-state index in [1.165, 1.54) is 42.6 Å². The van der Waals surface area contributed by atoms with Crippen LogP contribution in [0.2, 0.25) is 0 Å². The zero-order valence-corrected chi connectivity index (χ0v) is 11.5. The van der Waals surface area contributed by atoms with Gasteiger partial charge in [-0.1, -0.05) is 24.3 Å². The molecular formula is C16H13FN2O3. The lowest BCUT2D eigenvalue weighted by Gasteiger charge is -2.00. The molecule has 5 nitrogen and oxygen atoms in total. The number of carboxylic acid groups (broad SMARTS) is 1. The van der Waals surface area contributed by atoms with Gasteiger partial charge >= 0.3 is 5.97 Å². The molecule has 0 heterocycles. The van der Waals surface area contributed by atoms with Gasteiger partial charge in [-0.15, -0.1) is 0 Å². The highest BCUT2D eigenvalue weighted by Gasteiger charge is 2.03. The second-order valence-corrected chi connectivity index (χ2v) is 4.52. The van der Waals surface area contributed by atoms with Crippen molar-refractivity contribution in [1.82, 2.24) is 5.43 Å². The molecule has 6 heteroatoms. The van der Waals surface area contributed by atoms with Crippen LogP contribution in [0, 0.1) is 5.82 Å². The Kier molecular flexibility index (Phi) is 4.98. The smallest absolute Gasteiger partial charge is 0.335 e. The number of nitrogens with one attached hydrogen (secondary N) is 1. The third-order valence-corrected chi connectivity index (χ3v) is 2.84. The summed E-state index contributed by atoms with van der Waals surface area (Å²) in [6, 6.07) is 11.7. The van der Waals surface area contributed by atoms with Crippen LogP contribution in [0.25, 0.3) is 0 Å². The molecule has 0 fully saturated rings. The fraction of sp³-hybridized carbons (Fsp3) is 0.0625. The summed E-state index contributed by atoms with van der Waals surface area (Å²) in [5.74, 6) is -1.69. The number of halogens is 1. The average molecular weight is 300 g/mol. The van der Waals surface area contributed by atoms with Crippen molar-refractivity contribution in [1.29, 1.82) is 0 Å². The summed E-state index contributed by atoms with van der Waals surface area (Å²) in [5.41, 5.74) is 3.87. The highest BCUT2D eigenvalue weighted by Crippen LogP contribution is 2.04. The van der Waals surface area contributed by atoms with E-state index in [0.29, 0.717) is 11.1 Å². The quantitative estimate of drug-likeness (QED) is 0.656. The van der Waals surface area contributed by atoms with E-state index in [1.807, 2.05) is 0 Å². The van der Waals surface area contributed by atoms with Crippen LogP contribution in [0.3, 0.4) is 0 Å². The first-order chi connectivity index (χ1) is 10.5. The maximum atomic E-state index is 12.7. The molecule has 0 aliphatic carbocycles. The SMILES string of the molecule is O=C(Cc1ccc(F)cc1)N/N=C/c1ccc(C(=O)O)cc1. The van der Waals surface area contributed by atoms with Crippen LogP contribution in [0.1, 0.15) is 21.5 Å². The summed E-state index contributed by atoms with van der Waals surface area (Å²) >= 11 is 0. The molecule has 0 aromatic heterocycles. The zero-order chi connectivity index (χ0) is 15.9. The second-order valence-electron chi connectivity index (χ2n) is 4.52. The van der Waals surface area contributed by atoms with E-state index in [9.17, 15) is 14.0 Å². The minimum Gasteiger partial charge on any atom is -0.478 e. The number of carbonyl (C=O) groups is 2. The number of aromatic carboxylic acids is 1. The van der Waals surface area contributed by atoms with Crippen LogP contribution >= 0.6 is 0 Å². The molecule has 0 aliphatic rings. The molecule has 2 aromatic rings. The molecule has 0 spiro atoms. The largest absolute Gasteiger partial charge is 0.478 e. The van der Waals surface area contributed by atoms with Crippen molar-refractivity contribution in [2.24, 2.45) is 5.10 Å².